The Morgan fingerprint density at radius 3 is 2.05 bits per heavy atom. The van der Waals surface area contributed by atoms with E-state index in [1.54, 1.807) is 62.4 Å². The number of hydrogen-bond acceptors (Lipinski definition) is 5. The largest absolute Gasteiger partial charge is 0.492 e. The Kier molecular flexibility index (Phi) is 11.5. The highest BCUT2D eigenvalue weighted by Gasteiger charge is 2.34. The van der Waals surface area contributed by atoms with Crippen LogP contribution in [0, 0.1) is 0 Å². The Morgan fingerprint density at radius 1 is 0.902 bits per heavy atom. The number of nitrogens with zero attached hydrogens (tertiary/aromatic N) is 2. The van der Waals surface area contributed by atoms with Gasteiger partial charge in [-0.15, -0.1) is 0 Å². The van der Waals surface area contributed by atoms with Crippen LogP contribution in [0.2, 0.25) is 10.0 Å². The lowest BCUT2D eigenvalue weighted by Crippen LogP contribution is -2.53. The summed E-state index contributed by atoms with van der Waals surface area (Å²) in [6.45, 7) is 7.04. The van der Waals surface area contributed by atoms with Crippen molar-refractivity contribution in [2.45, 2.75) is 57.6 Å². The molecule has 41 heavy (non-hydrogen) atoms. The first-order valence-corrected chi connectivity index (χ1v) is 15.5. The molecule has 0 aliphatic carbocycles. The topological polar surface area (TPSA) is 96.0 Å². The van der Waals surface area contributed by atoms with Crippen molar-refractivity contribution in [3.05, 3.63) is 88.4 Å². The summed E-state index contributed by atoms with van der Waals surface area (Å²) in [4.78, 5) is 28.7. The van der Waals surface area contributed by atoms with Gasteiger partial charge in [0.05, 0.1) is 17.2 Å². The maximum absolute atomic E-state index is 14.1. The number of hydrogen-bond donors (Lipinski definition) is 1. The van der Waals surface area contributed by atoms with Crippen molar-refractivity contribution in [3.8, 4) is 5.75 Å². The number of para-hydroxylation sites is 2. The van der Waals surface area contributed by atoms with Crippen molar-refractivity contribution < 1.29 is 22.7 Å². The van der Waals surface area contributed by atoms with Gasteiger partial charge in [0.2, 0.25) is 11.8 Å². The van der Waals surface area contributed by atoms with Gasteiger partial charge in [0, 0.05) is 22.6 Å². The normalized spacial score (nSPS) is 12.1. The molecule has 0 unspecified atom stereocenters. The van der Waals surface area contributed by atoms with E-state index in [-0.39, 0.29) is 35.7 Å². The number of sulfonamides is 1. The number of rotatable bonds is 13. The quantitative estimate of drug-likeness (QED) is 0.256. The third-order valence-electron chi connectivity index (χ3n) is 6.20. The van der Waals surface area contributed by atoms with Gasteiger partial charge in [0.1, 0.15) is 18.3 Å². The summed E-state index contributed by atoms with van der Waals surface area (Å²) in [5.74, 6) is -0.588. The third-order valence-corrected chi connectivity index (χ3v) is 8.48. The van der Waals surface area contributed by atoms with E-state index in [2.05, 4.69) is 5.32 Å². The molecule has 0 spiro atoms. The molecule has 0 aromatic heterocycles. The summed E-state index contributed by atoms with van der Waals surface area (Å²) in [5.41, 5.74) is 0.934. The van der Waals surface area contributed by atoms with E-state index in [1.807, 2.05) is 13.8 Å². The zero-order valence-electron chi connectivity index (χ0n) is 23.5. The Bertz CT molecular complexity index is 1430. The molecule has 3 aromatic carbocycles. The van der Waals surface area contributed by atoms with E-state index in [0.717, 1.165) is 9.87 Å². The highest BCUT2D eigenvalue weighted by atomic mass is 35.5. The van der Waals surface area contributed by atoms with Gasteiger partial charge in [-0.05, 0) is 81.3 Å². The molecule has 11 heteroatoms. The summed E-state index contributed by atoms with van der Waals surface area (Å²) in [5, 5.41) is 3.78. The maximum Gasteiger partial charge on any atom is 0.264 e. The predicted molar refractivity (Wildman–Crippen MR) is 163 cm³/mol. The molecule has 0 aliphatic heterocycles. The van der Waals surface area contributed by atoms with Crippen LogP contribution in [0.4, 0.5) is 5.69 Å². The van der Waals surface area contributed by atoms with Gasteiger partial charge < -0.3 is 15.0 Å². The summed E-state index contributed by atoms with van der Waals surface area (Å²) in [6.07, 6.45) is 0.317. The molecule has 0 heterocycles. The summed E-state index contributed by atoms with van der Waals surface area (Å²) < 4.78 is 34.8. The molecular weight excluding hydrogens is 585 g/mol. The van der Waals surface area contributed by atoms with Gasteiger partial charge in [-0.2, -0.15) is 0 Å². The van der Waals surface area contributed by atoms with Crippen LogP contribution in [-0.2, 0) is 26.2 Å². The zero-order valence-corrected chi connectivity index (χ0v) is 25.8. The minimum Gasteiger partial charge on any atom is -0.492 e. The number of anilines is 1. The number of ether oxygens (including phenoxy) is 1. The fraction of sp³-hybridized carbons (Fsp3) is 0.333. The predicted octanol–water partition coefficient (Wildman–Crippen LogP) is 5.92. The molecule has 0 saturated heterocycles. The molecule has 1 N–H and O–H groups in total. The van der Waals surface area contributed by atoms with Gasteiger partial charge in [-0.1, -0.05) is 54.4 Å². The summed E-state index contributed by atoms with van der Waals surface area (Å²) in [6, 6.07) is 18.3. The van der Waals surface area contributed by atoms with Gasteiger partial charge in [-0.25, -0.2) is 8.42 Å². The van der Waals surface area contributed by atoms with E-state index in [4.69, 9.17) is 27.9 Å². The number of amides is 2. The SMILES string of the molecule is CCOc1ccccc1N(CC(=O)N(Cc1ccc(Cl)cc1)[C@@H](CC)C(=O)NC(C)C)S(=O)(=O)c1ccc(Cl)cc1. The number of carbonyl (C=O) groups excluding carboxylic acids is 2. The monoisotopic (exact) mass is 619 g/mol. The molecule has 0 aliphatic rings. The highest BCUT2D eigenvalue weighted by molar-refractivity contribution is 7.92. The number of benzene rings is 3. The summed E-state index contributed by atoms with van der Waals surface area (Å²) >= 11 is 12.1. The van der Waals surface area contributed by atoms with Crippen LogP contribution in [0.15, 0.2) is 77.7 Å². The second-order valence-electron chi connectivity index (χ2n) is 9.60. The molecule has 0 fully saturated rings. The van der Waals surface area contributed by atoms with Gasteiger partial charge in [0.15, 0.2) is 0 Å². The Hall–Kier alpha value is -3.27. The number of nitrogens with one attached hydrogen (secondary N) is 1. The molecule has 1 atom stereocenters. The van der Waals surface area contributed by atoms with E-state index in [9.17, 15) is 18.0 Å². The number of carbonyl (C=O) groups is 2. The van der Waals surface area contributed by atoms with Crippen molar-refractivity contribution in [1.82, 2.24) is 10.2 Å². The average Bonchev–Trinajstić information content (AvgIpc) is 2.93. The molecule has 220 valence electrons. The van der Waals surface area contributed by atoms with Crippen molar-refractivity contribution in [3.63, 3.8) is 0 Å². The van der Waals surface area contributed by atoms with E-state index < -0.39 is 28.5 Å². The van der Waals surface area contributed by atoms with Gasteiger partial charge >= 0.3 is 0 Å². The second kappa shape index (κ2) is 14.6. The van der Waals surface area contributed by atoms with Crippen LogP contribution < -0.4 is 14.4 Å². The third kappa shape index (κ3) is 8.38. The highest BCUT2D eigenvalue weighted by Crippen LogP contribution is 2.33. The molecular formula is C30H35Cl2N3O5S. The standard InChI is InChI=1S/C30H35Cl2N3O5S/c1-5-26(30(37)33-21(3)4)34(19-22-11-13-23(31)14-12-22)29(36)20-35(27-9-7-8-10-28(27)40-6-2)41(38,39)25-17-15-24(32)16-18-25/h7-18,21,26H,5-6,19-20H2,1-4H3,(H,33,37)/t26-/m0/s1. The van der Waals surface area contributed by atoms with Gasteiger partial charge in [-0.3, -0.25) is 13.9 Å². The first-order valence-electron chi connectivity index (χ1n) is 13.3. The molecule has 3 rings (SSSR count). The van der Waals surface area contributed by atoms with Crippen LogP contribution in [0.3, 0.4) is 0 Å². The first kappa shape index (κ1) is 32.2. The fourth-order valence-corrected chi connectivity index (χ4v) is 5.95. The lowest BCUT2D eigenvalue weighted by Gasteiger charge is -2.34. The lowest BCUT2D eigenvalue weighted by molar-refractivity contribution is -0.140. The smallest absolute Gasteiger partial charge is 0.264 e. The van der Waals surface area contributed by atoms with Crippen molar-refractivity contribution in [1.29, 1.82) is 0 Å². The van der Waals surface area contributed by atoms with Crippen molar-refractivity contribution in [2.24, 2.45) is 0 Å². The van der Waals surface area contributed by atoms with Crippen LogP contribution >= 0.6 is 23.2 Å². The molecule has 3 aromatic rings. The Labute approximate surface area is 252 Å². The first-order chi connectivity index (χ1) is 19.5. The number of halogens is 2. The van der Waals surface area contributed by atoms with Crippen LogP contribution in [0.25, 0.3) is 0 Å². The van der Waals surface area contributed by atoms with E-state index in [1.165, 1.54) is 29.2 Å². The molecule has 0 radical (unpaired) electrons. The van der Waals surface area contributed by atoms with Gasteiger partial charge in [0.25, 0.3) is 10.0 Å². The van der Waals surface area contributed by atoms with Crippen molar-refractivity contribution in [2.75, 3.05) is 17.5 Å². The summed E-state index contributed by atoms with van der Waals surface area (Å²) in [7, 11) is -4.26. The molecule has 0 bridgehead atoms. The van der Waals surface area contributed by atoms with E-state index in [0.29, 0.717) is 22.2 Å². The minimum absolute atomic E-state index is 0.0464. The van der Waals surface area contributed by atoms with Crippen LogP contribution in [0.5, 0.6) is 5.75 Å². The minimum atomic E-state index is -4.26. The van der Waals surface area contributed by atoms with E-state index >= 15 is 0 Å². The molecule has 2 amide bonds. The second-order valence-corrected chi connectivity index (χ2v) is 12.3. The Morgan fingerprint density at radius 2 is 1.49 bits per heavy atom. The molecule has 8 nitrogen and oxygen atoms in total. The Balaban J connectivity index is 2.11. The van der Waals surface area contributed by atoms with Crippen LogP contribution in [0.1, 0.15) is 39.7 Å². The van der Waals surface area contributed by atoms with Crippen molar-refractivity contribution >= 4 is 50.7 Å². The fourth-order valence-electron chi connectivity index (χ4n) is 4.27. The lowest BCUT2D eigenvalue weighted by atomic mass is 10.1. The average molecular weight is 621 g/mol. The zero-order chi connectivity index (χ0) is 30.2. The maximum atomic E-state index is 14.1. The molecule has 0 saturated carbocycles. The van der Waals surface area contributed by atoms with Crippen LogP contribution in [-0.4, -0.2) is 50.4 Å².